The first-order valence-corrected chi connectivity index (χ1v) is 5.67. The molecule has 1 aromatic heterocycles. The number of hydrogen-bond donors (Lipinski definition) is 2. The zero-order chi connectivity index (χ0) is 13.0. The van der Waals surface area contributed by atoms with Crippen LogP contribution in [-0.2, 0) is 22.6 Å². The van der Waals surface area contributed by atoms with Gasteiger partial charge in [-0.2, -0.15) is 0 Å². The lowest BCUT2D eigenvalue weighted by Crippen LogP contribution is -2.33. The molecule has 2 amide bonds. The van der Waals surface area contributed by atoms with Gasteiger partial charge in [-0.25, -0.2) is 9.48 Å². The van der Waals surface area contributed by atoms with E-state index in [-0.39, 0.29) is 6.54 Å². The molecular formula is C10H15N5O3. The third kappa shape index (κ3) is 3.81. The Hall–Kier alpha value is -1.96. The summed E-state index contributed by atoms with van der Waals surface area (Å²) in [5.74, 6) is -0.492. The number of ether oxygens (including phenoxy) is 1. The lowest BCUT2D eigenvalue weighted by Gasteiger charge is -2.01. The van der Waals surface area contributed by atoms with Gasteiger partial charge in [0.1, 0.15) is 6.54 Å². The molecule has 98 valence electrons. The van der Waals surface area contributed by atoms with Crippen molar-refractivity contribution >= 4 is 12.0 Å². The second-order valence-corrected chi connectivity index (χ2v) is 4.10. The molecule has 1 aliphatic carbocycles. The van der Waals surface area contributed by atoms with Crippen molar-refractivity contribution in [1.82, 2.24) is 25.6 Å². The first kappa shape index (κ1) is 12.5. The molecule has 2 rings (SSSR count). The number of methoxy groups -OCH3 is 1. The highest BCUT2D eigenvalue weighted by atomic mass is 16.5. The van der Waals surface area contributed by atoms with Crippen LogP contribution in [0.5, 0.6) is 0 Å². The summed E-state index contributed by atoms with van der Waals surface area (Å²) >= 11 is 0. The lowest BCUT2D eigenvalue weighted by molar-refractivity contribution is -0.121. The summed E-state index contributed by atoms with van der Waals surface area (Å²) < 4.78 is 5.69. The Labute approximate surface area is 104 Å². The van der Waals surface area contributed by atoms with Gasteiger partial charge in [-0.3, -0.25) is 10.1 Å². The Morgan fingerprint density at radius 1 is 1.56 bits per heavy atom. The number of nitrogens with one attached hydrogen (secondary N) is 2. The highest BCUT2D eigenvalue weighted by Gasteiger charge is 2.20. The van der Waals surface area contributed by atoms with E-state index in [1.807, 2.05) is 5.32 Å². The van der Waals surface area contributed by atoms with Crippen LogP contribution in [0.15, 0.2) is 6.20 Å². The van der Waals surface area contributed by atoms with Gasteiger partial charge in [0, 0.05) is 12.6 Å². The molecule has 0 atom stereocenters. The molecule has 0 saturated heterocycles. The smallest absolute Gasteiger partial charge is 0.413 e. The fraction of sp³-hybridized carbons (Fsp3) is 0.600. The Balaban J connectivity index is 1.77. The summed E-state index contributed by atoms with van der Waals surface area (Å²) in [4.78, 5) is 22.1. The van der Waals surface area contributed by atoms with Crippen LogP contribution in [0.25, 0.3) is 0 Å². The molecule has 8 heteroatoms. The van der Waals surface area contributed by atoms with Crippen LogP contribution in [0.1, 0.15) is 18.5 Å². The molecule has 0 aromatic carbocycles. The van der Waals surface area contributed by atoms with E-state index < -0.39 is 12.0 Å². The van der Waals surface area contributed by atoms with Crippen LogP contribution in [0.2, 0.25) is 0 Å². The van der Waals surface area contributed by atoms with Gasteiger partial charge < -0.3 is 10.1 Å². The molecule has 0 aliphatic heterocycles. The summed E-state index contributed by atoms with van der Waals surface area (Å²) in [6, 6.07) is 0.595. The maximum Gasteiger partial charge on any atom is 0.413 e. The van der Waals surface area contributed by atoms with Crippen molar-refractivity contribution in [1.29, 1.82) is 0 Å². The molecule has 1 heterocycles. The number of hydrogen-bond acceptors (Lipinski definition) is 6. The second-order valence-electron chi connectivity index (χ2n) is 4.10. The molecule has 0 spiro atoms. The van der Waals surface area contributed by atoms with Crippen LogP contribution < -0.4 is 10.6 Å². The highest BCUT2D eigenvalue weighted by Crippen LogP contribution is 2.18. The Morgan fingerprint density at radius 3 is 3.00 bits per heavy atom. The molecule has 1 aromatic rings. The summed E-state index contributed by atoms with van der Waals surface area (Å²) in [5, 5.41) is 13.1. The van der Waals surface area contributed by atoms with E-state index in [9.17, 15) is 9.59 Å². The average Bonchev–Trinajstić information content (AvgIpc) is 3.07. The minimum atomic E-state index is -0.782. The lowest BCUT2D eigenvalue weighted by atomic mass is 10.4. The van der Waals surface area contributed by atoms with Crippen LogP contribution in [0.4, 0.5) is 4.79 Å². The standard InChI is InChI=1S/C10H15N5O3/c1-18-10(17)12-9(16)6-15-5-8(13-14-15)4-11-7-2-3-7/h5,7,11H,2-4,6H2,1H3,(H,12,16,17). The molecule has 1 fully saturated rings. The van der Waals surface area contributed by atoms with E-state index in [1.165, 1.54) is 24.6 Å². The Kier molecular flexibility index (Phi) is 3.88. The van der Waals surface area contributed by atoms with Crippen molar-refractivity contribution in [3.8, 4) is 0 Å². The summed E-state index contributed by atoms with van der Waals surface area (Å²) in [7, 11) is 1.19. The van der Waals surface area contributed by atoms with Gasteiger partial charge in [0.15, 0.2) is 0 Å². The topological polar surface area (TPSA) is 98.1 Å². The Bertz CT molecular complexity index is 440. The number of rotatable bonds is 5. The summed E-state index contributed by atoms with van der Waals surface area (Å²) in [6.45, 7) is 0.578. The van der Waals surface area contributed by atoms with E-state index in [4.69, 9.17) is 0 Å². The number of nitrogens with zero attached hydrogens (tertiary/aromatic N) is 3. The Morgan fingerprint density at radius 2 is 2.33 bits per heavy atom. The molecule has 1 saturated carbocycles. The van der Waals surface area contributed by atoms with Gasteiger partial charge in [0.2, 0.25) is 0 Å². The molecule has 1 aliphatic rings. The number of amides is 2. The van der Waals surface area contributed by atoms with Crippen LogP contribution in [0, 0.1) is 0 Å². The largest absolute Gasteiger partial charge is 0.453 e. The molecule has 8 nitrogen and oxygen atoms in total. The van der Waals surface area contributed by atoms with Gasteiger partial charge in [0.25, 0.3) is 5.91 Å². The fourth-order valence-electron chi connectivity index (χ4n) is 1.38. The molecule has 18 heavy (non-hydrogen) atoms. The highest BCUT2D eigenvalue weighted by molar-refractivity contribution is 5.91. The van der Waals surface area contributed by atoms with Gasteiger partial charge in [0.05, 0.1) is 19.0 Å². The number of alkyl carbamates (subject to hydrolysis) is 1. The van der Waals surface area contributed by atoms with Crippen molar-refractivity contribution < 1.29 is 14.3 Å². The normalized spacial score (nSPS) is 14.3. The third-order valence-corrected chi connectivity index (χ3v) is 2.47. The zero-order valence-electron chi connectivity index (χ0n) is 10.0. The molecule has 2 N–H and O–H groups in total. The average molecular weight is 253 g/mol. The predicted molar refractivity (Wildman–Crippen MR) is 60.4 cm³/mol. The van der Waals surface area contributed by atoms with Crippen LogP contribution >= 0.6 is 0 Å². The third-order valence-electron chi connectivity index (χ3n) is 2.47. The van der Waals surface area contributed by atoms with Crippen molar-refractivity contribution in [2.75, 3.05) is 7.11 Å². The number of carbonyl (C=O) groups is 2. The zero-order valence-corrected chi connectivity index (χ0v) is 10.0. The number of imide groups is 1. The molecule has 0 bridgehead atoms. The van der Waals surface area contributed by atoms with Gasteiger partial charge in [-0.15, -0.1) is 5.10 Å². The van der Waals surface area contributed by atoms with Crippen molar-refractivity contribution in [3.63, 3.8) is 0 Å². The van der Waals surface area contributed by atoms with Crippen molar-refractivity contribution in [2.24, 2.45) is 0 Å². The molecule has 0 unspecified atom stereocenters. The number of aromatic nitrogens is 3. The quantitative estimate of drug-likeness (QED) is 0.728. The predicted octanol–water partition coefficient (Wildman–Crippen LogP) is -0.587. The van der Waals surface area contributed by atoms with Crippen molar-refractivity contribution in [2.45, 2.75) is 32.0 Å². The summed E-state index contributed by atoms with van der Waals surface area (Å²) in [6.07, 6.45) is 3.30. The fourth-order valence-corrected chi connectivity index (χ4v) is 1.38. The van der Waals surface area contributed by atoms with Gasteiger partial charge in [-0.1, -0.05) is 5.21 Å². The van der Waals surface area contributed by atoms with Crippen LogP contribution in [0.3, 0.4) is 0 Å². The first-order valence-electron chi connectivity index (χ1n) is 5.67. The first-order chi connectivity index (χ1) is 8.67. The SMILES string of the molecule is COC(=O)NC(=O)Cn1cc(CNC2CC2)nn1. The van der Waals surface area contributed by atoms with Gasteiger partial charge >= 0.3 is 6.09 Å². The minimum absolute atomic E-state index is 0.0640. The van der Waals surface area contributed by atoms with E-state index in [0.29, 0.717) is 12.6 Å². The molecule has 0 radical (unpaired) electrons. The molecular weight excluding hydrogens is 238 g/mol. The van der Waals surface area contributed by atoms with E-state index in [1.54, 1.807) is 6.20 Å². The van der Waals surface area contributed by atoms with Crippen molar-refractivity contribution in [3.05, 3.63) is 11.9 Å². The summed E-state index contributed by atoms with van der Waals surface area (Å²) in [5.41, 5.74) is 0.771. The van der Waals surface area contributed by atoms with Crippen LogP contribution in [-0.4, -0.2) is 40.1 Å². The van der Waals surface area contributed by atoms with E-state index in [2.05, 4.69) is 20.4 Å². The maximum absolute atomic E-state index is 11.4. The second kappa shape index (κ2) is 5.58. The number of carbonyl (C=O) groups excluding carboxylic acids is 2. The monoisotopic (exact) mass is 253 g/mol. The van der Waals surface area contributed by atoms with E-state index >= 15 is 0 Å². The van der Waals surface area contributed by atoms with Gasteiger partial charge in [-0.05, 0) is 12.8 Å². The van der Waals surface area contributed by atoms with E-state index in [0.717, 1.165) is 5.69 Å². The maximum atomic E-state index is 11.4. The minimum Gasteiger partial charge on any atom is -0.453 e.